The summed E-state index contributed by atoms with van der Waals surface area (Å²) in [5, 5.41) is 7.09. The van der Waals surface area contributed by atoms with Gasteiger partial charge >= 0.3 is 12.2 Å². The van der Waals surface area contributed by atoms with Crippen molar-refractivity contribution in [3.8, 4) is 0 Å². The molecule has 6 aliphatic rings. The van der Waals surface area contributed by atoms with E-state index in [1.807, 2.05) is 65.8 Å². The van der Waals surface area contributed by atoms with E-state index in [1.165, 1.54) is 36.1 Å². The Hall–Kier alpha value is -8.88. The molecule has 20 heteroatoms. The highest BCUT2D eigenvalue weighted by Gasteiger charge is 2.41. The van der Waals surface area contributed by atoms with Crippen LogP contribution in [0.15, 0.2) is 121 Å². The first-order valence-corrected chi connectivity index (χ1v) is 33.9. The summed E-state index contributed by atoms with van der Waals surface area (Å²) in [7, 11) is 0. The number of hydrogen-bond donors (Lipinski definition) is 6. The lowest BCUT2D eigenvalue weighted by Gasteiger charge is -2.33. The second-order valence-corrected chi connectivity index (χ2v) is 28.5. The number of anilines is 2. The second kappa shape index (κ2) is 24.8. The van der Waals surface area contributed by atoms with Crippen molar-refractivity contribution in [2.45, 2.75) is 178 Å². The average molecular weight is 1270 g/mol. The van der Waals surface area contributed by atoms with Crippen molar-refractivity contribution in [1.82, 2.24) is 60.3 Å². The molecule has 16 rings (SSSR count). The zero-order chi connectivity index (χ0) is 64.6. The smallest absolute Gasteiger partial charge is 0.410 e. The molecule has 6 aliphatic heterocycles. The minimum atomic E-state index is -0.573. The third kappa shape index (κ3) is 12.3. The summed E-state index contributed by atoms with van der Waals surface area (Å²) in [5.74, 6) is 3.11. The first-order valence-electron chi connectivity index (χ1n) is 33.9. The Kier molecular flexibility index (Phi) is 16.2. The second-order valence-electron chi connectivity index (χ2n) is 28.5. The maximum absolute atomic E-state index is 14.2. The van der Waals surface area contributed by atoms with Crippen LogP contribution in [-0.2, 0) is 9.47 Å². The standard InChI is InChI=1S/C42H50FN7O4.C32H34FN7/c1-41(2,3)53-39(51)48-21-7-9-35(48)37-44-29-17-11-25(23-31(29)46-37)33-19-20-34(50(33)28-15-13-27(43)14-16-28)26-12-18-30-32(24-26)47-38(45-30)36-10-8-22-49(36)40(52)54-42(4,5)6;33-21-7-9-22(10-8-21)40-29(19-5-11-23-27(17-19)38-31(36-23)25-3-1-15-34-25)13-14-30(40)20-6-12-24-28(18-20)39-32(37-24)26-4-2-16-35-26/h11-18,23-24,33-36H,7-10,19-22H2,1-6H3,(H,44,46)(H,45,47);5-12,17-18,25-26,29-30,34-35H,1-4,13-16H2,(H,36,38)(H,37,39). The number of likely N-dealkylation sites (tertiary alicyclic amines) is 2. The third-order valence-electron chi connectivity index (χ3n) is 19.8. The van der Waals surface area contributed by atoms with Crippen LogP contribution in [0.1, 0.15) is 212 Å². The van der Waals surface area contributed by atoms with E-state index in [0.717, 1.165) is 167 Å². The van der Waals surface area contributed by atoms with Crippen molar-refractivity contribution in [2.24, 2.45) is 0 Å². The van der Waals surface area contributed by atoms with Crippen LogP contribution in [0.25, 0.3) is 44.1 Å². The fourth-order valence-electron chi connectivity index (χ4n) is 15.6. The number of amides is 2. The van der Waals surface area contributed by atoms with Gasteiger partial charge in [0.2, 0.25) is 0 Å². The summed E-state index contributed by atoms with van der Waals surface area (Å²) in [5.41, 5.74) is 13.3. The fraction of sp³-hybridized carbons (Fsp3) is 0.432. The lowest BCUT2D eigenvalue weighted by Crippen LogP contribution is -2.36. The SMILES string of the molecule is CC(C)(C)OC(=O)N1CCCC1c1nc2ccc(C3CCC(c4ccc5nc(C6CCCN6C(=O)OC(C)(C)C)[nH]c5c4)N3c3ccc(F)cc3)cc2[nH]1.Fc1ccc(N2C(c3ccc4nc(C5CCCN5)[nH]c4c3)CCC2c2ccc3nc(C4CCCN4)[nH]c3c2)cc1. The number of aromatic nitrogens is 8. The van der Waals surface area contributed by atoms with Gasteiger partial charge in [0.05, 0.1) is 92.5 Å². The summed E-state index contributed by atoms with van der Waals surface area (Å²) in [6.07, 6.45) is 11.2. The van der Waals surface area contributed by atoms with E-state index in [-0.39, 0.29) is 60.1 Å². The van der Waals surface area contributed by atoms with Crippen LogP contribution in [0.3, 0.4) is 0 Å². The van der Waals surface area contributed by atoms with Gasteiger partial charge in [0, 0.05) is 24.5 Å². The number of carbonyl (C=O) groups excluding carboxylic acids is 2. The molecule has 10 aromatic rings. The number of ether oxygens (including phenoxy) is 2. The van der Waals surface area contributed by atoms with Crippen LogP contribution in [-0.4, -0.2) is 99.2 Å². The lowest BCUT2D eigenvalue weighted by atomic mass is 10.0. The van der Waals surface area contributed by atoms with Gasteiger partial charge in [-0.25, -0.2) is 38.3 Å². The number of rotatable bonds is 10. The number of hydrogen-bond acceptors (Lipinski definition) is 12. The van der Waals surface area contributed by atoms with Gasteiger partial charge in [-0.05, 0) is 251 Å². The predicted octanol–water partition coefficient (Wildman–Crippen LogP) is 16.3. The van der Waals surface area contributed by atoms with Gasteiger partial charge < -0.3 is 49.8 Å². The van der Waals surface area contributed by atoms with Crippen LogP contribution in [0.4, 0.5) is 29.7 Å². The summed E-state index contributed by atoms with van der Waals surface area (Å²) in [6, 6.07) is 40.4. The molecule has 10 heterocycles. The van der Waals surface area contributed by atoms with E-state index >= 15 is 0 Å². The molecule has 0 aliphatic carbocycles. The maximum Gasteiger partial charge on any atom is 0.410 e. The predicted molar refractivity (Wildman–Crippen MR) is 361 cm³/mol. The molecule has 6 fully saturated rings. The van der Waals surface area contributed by atoms with Gasteiger partial charge in [0.15, 0.2) is 0 Å². The van der Waals surface area contributed by atoms with Gasteiger partial charge in [0.25, 0.3) is 0 Å². The van der Waals surface area contributed by atoms with E-state index in [2.05, 4.69) is 113 Å². The number of imidazole rings is 4. The Labute approximate surface area is 546 Å². The van der Waals surface area contributed by atoms with Crippen LogP contribution in [0.2, 0.25) is 0 Å². The monoisotopic (exact) mass is 1270 g/mol. The number of fused-ring (bicyclic) bond motifs is 4. The van der Waals surface area contributed by atoms with Crippen molar-refractivity contribution < 1.29 is 27.8 Å². The Bertz CT molecular complexity index is 4170. The molecule has 0 bridgehead atoms. The van der Waals surface area contributed by atoms with E-state index < -0.39 is 11.2 Å². The molecule has 0 spiro atoms. The van der Waals surface area contributed by atoms with Crippen molar-refractivity contribution in [2.75, 3.05) is 36.0 Å². The number of aromatic amines is 4. The molecule has 6 aromatic carbocycles. The minimum absolute atomic E-state index is 0.0234. The normalized spacial score (nSPS) is 23.4. The van der Waals surface area contributed by atoms with Gasteiger partial charge in [-0.3, -0.25) is 9.80 Å². The van der Waals surface area contributed by atoms with Crippen LogP contribution in [0.5, 0.6) is 0 Å². The van der Waals surface area contributed by atoms with Gasteiger partial charge in [-0.1, -0.05) is 24.3 Å². The number of carbonyl (C=O) groups is 2. The first kappa shape index (κ1) is 61.3. The van der Waals surface area contributed by atoms with Crippen LogP contribution in [0, 0.1) is 11.6 Å². The fourth-order valence-corrected chi connectivity index (χ4v) is 15.6. The van der Waals surface area contributed by atoms with E-state index in [1.54, 1.807) is 21.9 Å². The lowest BCUT2D eigenvalue weighted by molar-refractivity contribution is 0.0208. The number of nitrogens with one attached hydrogen (secondary N) is 6. The van der Waals surface area contributed by atoms with Crippen molar-refractivity contribution >= 4 is 67.7 Å². The first-order chi connectivity index (χ1) is 45.4. The molecular formula is C74H84F2N14O4. The minimum Gasteiger partial charge on any atom is -0.444 e. The molecule has 18 nitrogen and oxygen atoms in total. The zero-order valence-corrected chi connectivity index (χ0v) is 54.4. The molecule has 8 unspecified atom stereocenters. The molecule has 2 amide bonds. The van der Waals surface area contributed by atoms with Gasteiger partial charge in [0.1, 0.15) is 46.1 Å². The summed E-state index contributed by atoms with van der Waals surface area (Å²) >= 11 is 0. The van der Waals surface area contributed by atoms with Gasteiger partial charge in [-0.2, -0.15) is 0 Å². The zero-order valence-electron chi connectivity index (χ0n) is 54.4. The van der Waals surface area contributed by atoms with E-state index in [0.29, 0.717) is 25.2 Å². The molecule has 4 aromatic heterocycles. The Morgan fingerprint density at radius 2 is 0.723 bits per heavy atom. The van der Waals surface area contributed by atoms with Crippen molar-refractivity contribution in [1.29, 1.82) is 0 Å². The number of nitrogens with zero attached hydrogens (tertiary/aromatic N) is 8. The molecule has 488 valence electrons. The topological polar surface area (TPSA) is 204 Å². The quantitative estimate of drug-likeness (QED) is 0.0757. The highest BCUT2D eigenvalue weighted by Crippen LogP contribution is 2.50. The number of benzene rings is 6. The number of H-pyrrole nitrogens is 4. The molecule has 0 radical (unpaired) electrons. The summed E-state index contributed by atoms with van der Waals surface area (Å²) in [4.78, 5) is 68.5. The maximum atomic E-state index is 14.2. The van der Waals surface area contributed by atoms with E-state index in [4.69, 9.17) is 29.4 Å². The largest absolute Gasteiger partial charge is 0.444 e. The highest BCUT2D eigenvalue weighted by atomic mass is 19.1. The van der Waals surface area contributed by atoms with E-state index in [9.17, 15) is 18.4 Å². The Balaban J connectivity index is 0.000000162. The molecule has 94 heavy (non-hydrogen) atoms. The van der Waals surface area contributed by atoms with Gasteiger partial charge in [-0.15, -0.1) is 0 Å². The Morgan fingerprint density at radius 1 is 0.404 bits per heavy atom. The van der Waals surface area contributed by atoms with Crippen LogP contribution < -0.4 is 20.4 Å². The Morgan fingerprint density at radius 3 is 1.03 bits per heavy atom. The molecular weight excluding hydrogens is 1190 g/mol. The number of halogens is 2. The van der Waals surface area contributed by atoms with Crippen LogP contribution >= 0.6 is 0 Å². The molecule has 8 atom stereocenters. The van der Waals surface area contributed by atoms with Crippen molar-refractivity contribution in [3.05, 3.63) is 179 Å². The highest BCUT2D eigenvalue weighted by molar-refractivity contribution is 5.80. The summed E-state index contributed by atoms with van der Waals surface area (Å²) in [6.45, 7) is 14.7. The summed E-state index contributed by atoms with van der Waals surface area (Å²) < 4.78 is 39.6. The molecule has 6 saturated heterocycles. The molecule has 6 N–H and O–H groups in total. The average Bonchev–Trinajstić information content (AvgIpc) is 1.63. The van der Waals surface area contributed by atoms with Crippen molar-refractivity contribution in [3.63, 3.8) is 0 Å². The molecule has 0 saturated carbocycles. The third-order valence-corrected chi connectivity index (χ3v) is 19.8.